The van der Waals surface area contributed by atoms with Crippen molar-refractivity contribution < 1.29 is 4.79 Å². The van der Waals surface area contributed by atoms with Gasteiger partial charge in [0.05, 0.1) is 0 Å². The Hall–Kier alpha value is -0.240. The maximum atomic E-state index is 11.2. The number of nitrogens with one attached hydrogen (secondary N) is 1. The number of carbonyl (C=O) groups is 1. The van der Waals surface area contributed by atoms with Crippen LogP contribution < -0.4 is 5.32 Å². The molecule has 0 saturated heterocycles. The van der Waals surface area contributed by atoms with Crippen LogP contribution in [0.5, 0.6) is 0 Å². The molecular weight excluding hydrogens is 234 g/mol. The molecule has 0 aromatic rings. The van der Waals surface area contributed by atoms with Gasteiger partial charge >= 0.3 is 0 Å². The van der Waals surface area contributed by atoms with Crippen molar-refractivity contribution in [2.75, 3.05) is 12.4 Å². The predicted molar refractivity (Wildman–Crippen MR) is 75.6 cm³/mol. The van der Waals surface area contributed by atoms with Crippen molar-refractivity contribution in [1.29, 1.82) is 0 Å². The Morgan fingerprint density at radius 2 is 1.47 bits per heavy atom. The van der Waals surface area contributed by atoms with Gasteiger partial charge in [0.25, 0.3) is 0 Å². The van der Waals surface area contributed by atoms with Crippen LogP contribution >= 0.6 is 11.6 Å². The van der Waals surface area contributed by atoms with E-state index in [0.717, 1.165) is 6.42 Å². The minimum absolute atomic E-state index is 0.147. The zero-order valence-electron chi connectivity index (χ0n) is 11.3. The average molecular weight is 262 g/mol. The Morgan fingerprint density at radius 3 is 2.00 bits per heavy atom. The predicted octanol–water partition coefficient (Wildman–Crippen LogP) is 4.26. The Balaban J connectivity index is 3.05. The van der Waals surface area contributed by atoms with Gasteiger partial charge in [-0.25, -0.2) is 0 Å². The summed E-state index contributed by atoms with van der Waals surface area (Å²) >= 11 is 5.49. The van der Waals surface area contributed by atoms with Crippen molar-refractivity contribution in [3.63, 3.8) is 0 Å². The summed E-state index contributed by atoms with van der Waals surface area (Å²) in [5.74, 6) is 0.650. The van der Waals surface area contributed by atoms with Gasteiger partial charge in [0.1, 0.15) is 0 Å². The van der Waals surface area contributed by atoms with E-state index in [1.165, 1.54) is 51.4 Å². The van der Waals surface area contributed by atoms with E-state index in [2.05, 4.69) is 12.2 Å². The fraction of sp³-hybridized carbons (Fsp3) is 0.929. The van der Waals surface area contributed by atoms with E-state index in [0.29, 0.717) is 18.8 Å². The lowest BCUT2D eigenvalue weighted by molar-refractivity contribution is -0.121. The molecule has 2 nitrogen and oxygen atoms in total. The maximum Gasteiger partial charge on any atom is 0.220 e. The molecule has 0 saturated carbocycles. The van der Waals surface area contributed by atoms with Crippen molar-refractivity contribution in [1.82, 2.24) is 5.32 Å². The Bertz CT molecular complexity index is 174. The third-order valence-electron chi connectivity index (χ3n) is 2.92. The summed E-state index contributed by atoms with van der Waals surface area (Å²) in [6.45, 7) is 2.84. The Labute approximate surface area is 111 Å². The van der Waals surface area contributed by atoms with E-state index in [4.69, 9.17) is 11.6 Å². The molecule has 0 aliphatic carbocycles. The molecule has 0 fully saturated rings. The molecule has 0 unspecified atom stereocenters. The lowest BCUT2D eigenvalue weighted by atomic mass is 10.1. The molecule has 1 amide bonds. The zero-order chi connectivity index (χ0) is 12.8. The first-order valence-electron chi connectivity index (χ1n) is 7.14. The lowest BCUT2D eigenvalue weighted by Crippen LogP contribution is -2.24. The van der Waals surface area contributed by atoms with Crippen molar-refractivity contribution in [3.8, 4) is 0 Å². The van der Waals surface area contributed by atoms with Gasteiger partial charge in [0, 0.05) is 18.8 Å². The van der Waals surface area contributed by atoms with Gasteiger partial charge in [-0.15, -0.1) is 11.6 Å². The van der Waals surface area contributed by atoms with E-state index in [1.807, 2.05) is 0 Å². The molecule has 0 radical (unpaired) electrons. The number of amides is 1. The summed E-state index contributed by atoms with van der Waals surface area (Å²) in [5, 5.41) is 2.79. The van der Waals surface area contributed by atoms with Gasteiger partial charge in [-0.2, -0.15) is 0 Å². The number of unbranched alkanes of at least 4 members (excludes halogenated alkanes) is 8. The van der Waals surface area contributed by atoms with Crippen molar-refractivity contribution in [2.45, 2.75) is 71.1 Å². The molecule has 0 aromatic heterocycles. The molecular formula is C14H28ClNO. The van der Waals surface area contributed by atoms with Gasteiger partial charge in [0.2, 0.25) is 5.91 Å². The van der Waals surface area contributed by atoms with Crippen molar-refractivity contribution >= 4 is 17.5 Å². The Morgan fingerprint density at radius 1 is 0.941 bits per heavy atom. The smallest absolute Gasteiger partial charge is 0.220 e. The van der Waals surface area contributed by atoms with E-state index in [1.54, 1.807) is 0 Å². The molecule has 0 aliphatic heterocycles. The summed E-state index contributed by atoms with van der Waals surface area (Å²) in [5.41, 5.74) is 0. The quantitative estimate of drug-likeness (QED) is 0.413. The zero-order valence-corrected chi connectivity index (χ0v) is 12.0. The minimum atomic E-state index is 0.147. The van der Waals surface area contributed by atoms with Crippen LogP contribution in [0.25, 0.3) is 0 Å². The van der Waals surface area contributed by atoms with Gasteiger partial charge in [-0.3, -0.25) is 4.79 Å². The highest BCUT2D eigenvalue weighted by atomic mass is 35.5. The van der Waals surface area contributed by atoms with Crippen LogP contribution in [0, 0.1) is 0 Å². The highest BCUT2D eigenvalue weighted by Gasteiger charge is 1.99. The molecule has 3 heteroatoms. The van der Waals surface area contributed by atoms with Gasteiger partial charge < -0.3 is 5.32 Å². The summed E-state index contributed by atoms with van der Waals surface area (Å²) in [4.78, 5) is 11.2. The molecule has 17 heavy (non-hydrogen) atoms. The average Bonchev–Trinajstić information content (AvgIpc) is 2.34. The second-order valence-corrected chi connectivity index (χ2v) is 5.00. The number of carbonyl (C=O) groups excluding carboxylic acids is 1. The fourth-order valence-corrected chi connectivity index (χ4v) is 1.97. The first-order valence-corrected chi connectivity index (χ1v) is 7.67. The van der Waals surface area contributed by atoms with Crippen LogP contribution in [0.15, 0.2) is 0 Å². The second-order valence-electron chi connectivity index (χ2n) is 4.62. The van der Waals surface area contributed by atoms with Crippen LogP contribution in [0.4, 0.5) is 0 Å². The van der Waals surface area contributed by atoms with E-state index < -0.39 is 0 Å². The third kappa shape index (κ3) is 13.7. The van der Waals surface area contributed by atoms with Gasteiger partial charge in [-0.05, 0) is 6.42 Å². The molecule has 0 aromatic carbocycles. The Kier molecular flexibility index (Phi) is 13.6. The van der Waals surface area contributed by atoms with Crippen LogP contribution in [0.2, 0.25) is 0 Å². The third-order valence-corrected chi connectivity index (χ3v) is 3.11. The second kappa shape index (κ2) is 13.8. The number of hydrogen-bond acceptors (Lipinski definition) is 1. The molecule has 0 bridgehead atoms. The molecule has 0 heterocycles. The summed E-state index contributed by atoms with van der Waals surface area (Å²) < 4.78 is 0. The van der Waals surface area contributed by atoms with Crippen molar-refractivity contribution in [2.24, 2.45) is 0 Å². The summed E-state index contributed by atoms with van der Waals surface area (Å²) in [6, 6.07) is 0. The van der Waals surface area contributed by atoms with E-state index in [-0.39, 0.29) is 5.91 Å². The van der Waals surface area contributed by atoms with E-state index >= 15 is 0 Å². The molecule has 0 spiro atoms. The maximum absolute atomic E-state index is 11.2. The molecule has 0 aliphatic rings. The minimum Gasteiger partial charge on any atom is -0.355 e. The monoisotopic (exact) mass is 261 g/mol. The number of rotatable bonds is 12. The van der Waals surface area contributed by atoms with Crippen LogP contribution in [0.3, 0.4) is 0 Å². The largest absolute Gasteiger partial charge is 0.355 e. The molecule has 1 N–H and O–H groups in total. The normalized spacial score (nSPS) is 10.5. The fourth-order valence-electron chi connectivity index (χ4n) is 1.87. The topological polar surface area (TPSA) is 29.1 Å². The van der Waals surface area contributed by atoms with Crippen molar-refractivity contribution in [3.05, 3.63) is 0 Å². The lowest BCUT2D eigenvalue weighted by Gasteiger charge is -2.03. The highest BCUT2D eigenvalue weighted by molar-refractivity contribution is 6.18. The van der Waals surface area contributed by atoms with Gasteiger partial charge in [0.15, 0.2) is 0 Å². The summed E-state index contributed by atoms with van der Waals surface area (Å²) in [7, 11) is 0. The van der Waals surface area contributed by atoms with Crippen LogP contribution in [-0.2, 0) is 4.79 Å². The standard InChI is InChI=1S/C14H28ClNO/c1-2-3-4-5-6-7-8-9-10-11-14(17)16-13-12-15/h2-13H2,1H3,(H,16,17). The number of alkyl halides is 1. The molecule has 0 rings (SSSR count). The molecule has 102 valence electrons. The van der Waals surface area contributed by atoms with Crippen LogP contribution in [-0.4, -0.2) is 18.3 Å². The first kappa shape index (κ1) is 16.8. The van der Waals surface area contributed by atoms with E-state index in [9.17, 15) is 4.79 Å². The summed E-state index contributed by atoms with van der Waals surface area (Å²) in [6.07, 6.45) is 12.3. The highest BCUT2D eigenvalue weighted by Crippen LogP contribution is 2.10. The van der Waals surface area contributed by atoms with Gasteiger partial charge in [-0.1, -0.05) is 58.3 Å². The number of hydrogen-bond donors (Lipinski definition) is 1. The van der Waals surface area contributed by atoms with Crippen LogP contribution in [0.1, 0.15) is 71.1 Å². The number of halogens is 1. The SMILES string of the molecule is CCCCCCCCCCCC(=O)NCCCl. The molecule has 0 atom stereocenters. The first-order chi connectivity index (χ1) is 8.31.